The molecule has 3 aliphatic rings. The number of fused-ring (bicyclic) bond motifs is 1. The maximum atomic E-state index is 9.51. The molecule has 2 aliphatic carbocycles. The van der Waals surface area contributed by atoms with Gasteiger partial charge < -0.3 is 4.74 Å². The molecule has 1 saturated heterocycles. The first-order valence-electron chi connectivity index (χ1n) is 6.91. The summed E-state index contributed by atoms with van der Waals surface area (Å²) in [6.45, 7) is 1.47. The molecular weight excluding hydrogens is 222 g/mol. The topological polar surface area (TPSA) is 33.0 Å². The number of hydrogen-bond donors (Lipinski definition) is 0. The zero-order valence-corrected chi connectivity index (χ0v) is 10.5. The van der Waals surface area contributed by atoms with Crippen molar-refractivity contribution in [3.8, 4) is 6.07 Å². The molecule has 1 aliphatic heterocycles. The van der Waals surface area contributed by atoms with Crippen LogP contribution in [0.2, 0.25) is 0 Å². The summed E-state index contributed by atoms with van der Waals surface area (Å²) in [5, 5.41) is 9.51. The first-order valence-corrected chi connectivity index (χ1v) is 6.91. The molecule has 0 radical (unpaired) electrons. The van der Waals surface area contributed by atoms with Gasteiger partial charge >= 0.3 is 0 Å². The molecule has 4 rings (SSSR count). The Morgan fingerprint density at radius 1 is 1.11 bits per heavy atom. The summed E-state index contributed by atoms with van der Waals surface area (Å²) in [6, 6.07) is 9.48. The van der Waals surface area contributed by atoms with Gasteiger partial charge in [-0.1, -0.05) is 18.2 Å². The van der Waals surface area contributed by atoms with Gasteiger partial charge in [0, 0.05) is 0 Å². The van der Waals surface area contributed by atoms with Crippen molar-refractivity contribution in [2.75, 3.05) is 13.2 Å². The highest BCUT2D eigenvalue weighted by Crippen LogP contribution is 2.62. The largest absolute Gasteiger partial charge is 0.379 e. The molecule has 0 N–H and O–H groups in total. The summed E-state index contributed by atoms with van der Waals surface area (Å²) in [6.07, 6.45) is 5.81. The maximum Gasteiger partial charge on any atom is 0.0716 e. The van der Waals surface area contributed by atoms with E-state index in [0.717, 1.165) is 26.1 Å². The van der Waals surface area contributed by atoms with Crippen molar-refractivity contribution in [1.82, 2.24) is 0 Å². The van der Waals surface area contributed by atoms with Crippen molar-refractivity contribution in [1.29, 1.82) is 5.26 Å². The molecular formula is C16H17NO. The molecule has 2 nitrogen and oxygen atoms in total. The van der Waals surface area contributed by atoms with Gasteiger partial charge in [0.1, 0.15) is 0 Å². The molecule has 1 aromatic rings. The third-order valence-corrected chi connectivity index (χ3v) is 5.23. The molecule has 2 fully saturated rings. The quantitative estimate of drug-likeness (QED) is 0.795. The van der Waals surface area contributed by atoms with Gasteiger partial charge in [0.05, 0.1) is 30.1 Å². The standard InChI is InChI=1S/C16H17NO/c17-9-15(6-7-15)16(10-18-11-16)14-5-4-12-2-1-3-13(12)8-14/h4-5,8H,1-3,6-7,10-11H2. The molecule has 1 heterocycles. The minimum Gasteiger partial charge on any atom is -0.379 e. The van der Waals surface area contributed by atoms with E-state index in [4.69, 9.17) is 4.74 Å². The van der Waals surface area contributed by atoms with E-state index in [-0.39, 0.29) is 10.8 Å². The molecule has 0 amide bonds. The van der Waals surface area contributed by atoms with E-state index in [2.05, 4.69) is 24.3 Å². The zero-order valence-electron chi connectivity index (χ0n) is 10.5. The van der Waals surface area contributed by atoms with Gasteiger partial charge in [-0.05, 0) is 48.8 Å². The van der Waals surface area contributed by atoms with Crippen LogP contribution >= 0.6 is 0 Å². The lowest BCUT2D eigenvalue weighted by Gasteiger charge is -2.46. The first kappa shape index (κ1) is 10.6. The van der Waals surface area contributed by atoms with Gasteiger partial charge in [-0.3, -0.25) is 0 Å². The number of rotatable bonds is 2. The number of hydrogen-bond acceptors (Lipinski definition) is 2. The molecule has 1 aromatic carbocycles. The van der Waals surface area contributed by atoms with Crippen LogP contribution in [0.1, 0.15) is 36.0 Å². The monoisotopic (exact) mass is 239 g/mol. The van der Waals surface area contributed by atoms with E-state index in [0.29, 0.717) is 0 Å². The Morgan fingerprint density at radius 2 is 1.89 bits per heavy atom. The van der Waals surface area contributed by atoms with E-state index < -0.39 is 0 Å². The number of nitrogens with zero attached hydrogens (tertiary/aromatic N) is 1. The van der Waals surface area contributed by atoms with Gasteiger partial charge in [0.15, 0.2) is 0 Å². The van der Waals surface area contributed by atoms with Crippen LogP contribution in [-0.4, -0.2) is 13.2 Å². The van der Waals surface area contributed by atoms with Crippen LogP contribution in [0.4, 0.5) is 0 Å². The Balaban J connectivity index is 1.80. The van der Waals surface area contributed by atoms with E-state index in [1.54, 1.807) is 0 Å². The molecule has 0 atom stereocenters. The summed E-state index contributed by atoms with van der Waals surface area (Å²) in [7, 11) is 0. The SMILES string of the molecule is N#CC1(C2(c3ccc4c(c3)CCC4)COC2)CC1. The highest BCUT2D eigenvalue weighted by atomic mass is 16.5. The van der Waals surface area contributed by atoms with Crippen molar-refractivity contribution in [2.45, 2.75) is 37.5 Å². The normalized spacial score (nSPS) is 25.9. The average molecular weight is 239 g/mol. The van der Waals surface area contributed by atoms with Crippen molar-refractivity contribution >= 4 is 0 Å². The smallest absolute Gasteiger partial charge is 0.0716 e. The molecule has 18 heavy (non-hydrogen) atoms. The summed E-state index contributed by atoms with van der Waals surface area (Å²) in [4.78, 5) is 0. The minimum atomic E-state index is -0.127. The lowest BCUT2D eigenvalue weighted by molar-refractivity contribution is -0.0867. The third-order valence-electron chi connectivity index (χ3n) is 5.23. The fraction of sp³-hybridized carbons (Fsp3) is 0.562. The van der Waals surface area contributed by atoms with Gasteiger partial charge in [-0.2, -0.15) is 5.26 Å². The third kappa shape index (κ3) is 1.16. The first-order chi connectivity index (χ1) is 8.80. The van der Waals surface area contributed by atoms with Gasteiger partial charge in [0.25, 0.3) is 0 Å². The lowest BCUT2D eigenvalue weighted by atomic mass is 9.66. The van der Waals surface area contributed by atoms with Crippen LogP contribution in [0.5, 0.6) is 0 Å². The van der Waals surface area contributed by atoms with Gasteiger partial charge in [-0.25, -0.2) is 0 Å². The van der Waals surface area contributed by atoms with E-state index in [9.17, 15) is 5.26 Å². The van der Waals surface area contributed by atoms with E-state index >= 15 is 0 Å². The number of ether oxygens (including phenoxy) is 1. The summed E-state index contributed by atoms with van der Waals surface area (Å²) in [5.41, 5.74) is 4.24. The fourth-order valence-electron chi connectivity index (χ4n) is 3.72. The lowest BCUT2D eigenvalue weighted by Crippen LogP contribution is -2.53. The summed E-state index contributed by atoms with van der Waals surface area (Å²) < 4.78 is 5.49. The molecule has 0 spiro atoms. The van der Waals surface area contributed by atoms with Gasteiger partial charge in [0.2, 0.25) is 0 Å². The molecule has 0 aromatic heterocycles. The predicted octanol–water partition coefficient (Wildman–Crippen LogP) is 2.75. The molecule has 92 valence electrons. The minimum absolute atomic E-state index is 0.000625. The summed E-state index contributed by atoms with van der Waals surface area (Å²) >= 11 is 0. The Hall–Kier alpha value is -1.33. The fourth-order valence-corrected chi connectivity index (χ4v) is 3.72. The molecule has 2 heteroatoms. The number of benzene rings is 1. The van der Waals surface area contributed by atoms with E-state index in [1.165, 1.54) is 36.0 Å². The average Bonchev–Trinajstić information content (AvgIpc) is 2.99. The molecule has 1 saturated carbocycles. The second-order valence-electron chi connectivity index (χ2n) is 6.11. The van der Waals surface area contributed by atoms with Crippen molar-refractivity contribution < 1.29 is 4.74 Å². The van der Waals surface area contributed by atoms with Crippen LogP contribution in [0, 0.1) is 16.7 Å². The highest BCUT2D eigenvalue weighted by molar-refractivity contribution is 5.44. The number of nitriles is 1. The predicted molar refractivity (Wildman–Crippen MR) is 68.2 cm³/mol. The summed E-state index contributed by atoms with van der Waals surface area (Å²) in [5.74, 6) is 0. The van der Waals surface area contributed by atoms with E-state index in [1.807, 2.05) is 0 Å². The molecule has 0 unspecified atom stereocenters. The van der Waals surface area contributed by atoms with Crippen molar-refractivity contribution in [3.05, 3.63) is 34.9 Å². The second kappa shape index (κ2) is 3.36. The Labute approximate surface area is 108 Å². The van der Waals surface area contributed by atoms with Crippen LogP contribution in [0.3, 0.4) is 0 Å². The van der Waals surface area contributed by atoms with Crippen LogP contribution < -0.4 is 0 Å². The van der Waals surface area contributed by atoms with Crippen molar-refractivity contribution in [3.63, 3.8) is 0 Å². The zero-order chi connectivity index (χ0) is 12.2. The Bertz CT molecular complexity index is 547. The Kier molecular flexibility index (Phi) is 1.98. The highest BCUT2D eigenvalue weighted by Gasteiger charge is 2.64. The van der Waals surface area contributed by atoms with Crippen LogP contribution in [0.15, 0.2) is 18.2 Å². The Morgan fingerprint density at radius 3 is 2.50 bits per heavy atom. The van der Waals surface area contributed by atoms with Crippen LogP contribution in [-0.2, 0) is 23.0 Å². The maximum absolute atomic E-state index is 9.51. The van der Waals surface area contributed by atoms with Gasteiger partial charge in [-0.15, -0.1) is 0 Å². The van der Waals surface area contributed by atoms with Crippen LogP contribution in [0.25, 0.3) is 0 Å². The number of aryl methyl sites for hydroxylation is 2. The van der Waals surface area contributed by atoms with Crippen molar-refractivity contribution in [2.24, 2.45) is 5.41 Å². The second-order valence-corrected chi connectivity index (χ2v) is 6.11. The molecule has 0 bridgehead atoms.